The molecule has 2 heterocycles. The zero-order chi connectivity index (χ0) is 22.1. The summed E-state index contributed by atoms with van der Waals surface area (Å²) in [5.41, 5.74) is 1.17. The van der Waals surface area contributed by atoms with E-state index in [2.05, 4.69) is 0 Å². The van der Waals surface area contributed by atoms with Crippen LogP contribution >= 0.6 is 0 Å². The van der Waals surface area contributed by atoms with Crippen LogP contribution in [-0.2, 0) is 4.79 Å². The summed E-state index contributed by atoms with van der Waals surface area (Å²) in [5, 5.41) is 21.1. The second kappa shape index (κ2) is 8.28. The first-order valence-electron chi connectivity index (χ1n) is 10.1. The van der Waals surface area contributed by atoms with Crippen molar-refractivity contribution in [1.29, 1.82) is 0 Å². The maximum Gasteiger partial charge on any atom is 0.290 e. The Labute approximate surface area is 179 Å². The number of nitrogens with zero attached hydrogens (tertiary/aromatic N) is 2. The number of aliphatic hydroxyl groups excluding tert-OH is 1. The van der Waals surface area contributed by atoms with E-state index in [4.69, 9.17) is 4.42 Å². The van der Waals surface area contributed by atoms with Crippen LogP contribution in [0.25, 0.3) is 11.0 Å². The van der Waals surface area contributed by atoms with E-state index in [0.29, 0.717) is 24.1 Å². The summed E-state index contributed by atoms with van der Waals surface area (Å²) in [7, 11) is 3.88. The second-order valence-corrected chi connectivity index (χ2v) is 7.89. The van der Waals surface area contributed by atoms with Crippen LogP contribution in [0.2, 0.25) is 0 Å². The number of phenolic OH excluding ortho intramolecular Hbond substituents is 1. The molecule has 1 aliphatic heterocycles. The molecule has 0 aliphatic carbocycles. The normalized spacial score (nSPS) is 16.7. The van der Waals surface area contributed by atoms with Gasteiger partial charge in [-0.2, -0.15) is 0 Å². The summed E-state index contributed by atoms with van der Waals surface area (Å²) in [6.07, 6.45) is 0.673. The van der Waals surface area contributed by atoms with Gasteiger partial charge >= 0.3 is 0 Å². The van der Waals surface area contributed by atoms with E-state index >= 15 is 0 Å². The predicted molar refractivity (Wildman–Crippen MR) is 116 cm³/mol. The van der Waals surface area contributed by atoms with E-state index < -0.39 is 23.5 Å². The predicted octanol–water partition coefficient (Wildman–Crippen LogP) is 3.67. The van der Waals surface area contributed by atoms with Gasteiger partial charge < -0.3 is 24.4 Å². The topological polar surface area (TPSA) is 94.2 Å². The van der Waals surface area contributed by atoms with Crippen LogP contribution in [0, 0.1) is 0 Å². The third-order valence-electron chi connectivity index (χ3n) is 5.41. The highest BCUT2D eigenvalue weighted by Gasteiger charge is 2.44. The summed E-state index contributed by atoms with van der Waals surface area (Å²) >= 11 is 0. The molecule has 0 fully saturated rings. The van der Waals surface area contributed by atoms with Crippen molar-refractivity contribution in [3.8, 4) is 5.75 Å². The molecule has 0 bridgehead atoms. The van der Waals surface area contributed by atoms with Gasteiger partial charge in [0.25, 0.3) is 5.91 Å². The number of ketones is 1. The molecule has 3 aromatic rings. The van der Waals surface area contributed by atoms with Crippen LogP contribution < -0.4 is 0 Å². The van der Waals surface area contributed by atoms with Gasteiger partial charge in [0, 0.05) is 11.9 Å². The average Bonchev–Trinajstić information content (AvgIpc) is 3.28. The lowest BCUT2D eigenvalue weighted by atomic mass is 9.95. The highest BCUT2D eigenvalue weighted by atomic mass is 16.3. The quantitative estimate of drug-likeness (QED) is 0.567. The van der Waals surface area contributed by atoms with E-state index in [1.807, 2.05) is 37.2 Å². The molecular formula is C24H24N2O5. The van der Waals surface area contributed by atoms with Gasteiger partial charge in [-0.15, -0.1) is 0 Å². The monoisotopic (exact) mass is 420 g/mol. The van der Waals surface area contributed by atoms with Crippen molar-refractivity contribution >= 4 is 22.7 Å². The molecule has 1 unspecified atom stereocenters. The smallest absolute Gasteiger partial charge is 0.290 e. The van der Waals surface area contributed by atoms with E-state index in [9.17, 15) is 19.8 Å². The molecule has 0 saturated heterocycles. The van der Waals surface area contributed by atoms with Crippen LogP contribution in [0.3, 0.4) is 0 Å². The van der Waals surface area contributed by atoms with Crippen molar-refractivity contribution in [2.24, 2.45) is 0 Å². The van der Waals surface area contributed by atoms with Crippen LogP contribution in [0.1, 0.15) is 28.6 Å². The molecule has 31 heavy (non-hydrogen) atoms. The van der Waals surface area contributed by atoms with Crippen molar-refractivity contribution in [1.82, 2.24) is 9.80 Å². The number of hydrogen-bond acceptors (Lipinski definition) is 6. The zero-order valence-corrected chi connectivity index (χ0v) is 17.4. The van der Waals surface area contributed by atoms with Crippen molar-refractivity contribution < 1.29 is 24.2 Å². The molecule has 2 N–H and O–H groups in total. The SMILES string of the molecule is CN(C)CCCN1C(=O)C(O)=C(C(=O)c2cc3ccccc3o2)C1c1ccc(O)cc1. The summed E-state index contributed by atoms with van der Waals surface area (Å²) < 4.78 is 5.71. The maximum absolute atomic E-state index is 13.4. The molecule has 7 nitrogen and oxygen atoms in total. The van der Waals surface area contributed by atoms with Crippen molar-refractivity contribution in [3.63, 3.8) is 0 Å². The van der Waals surface area contributed by atoms with Crippen LogP contribution in [-0.4, -0.2) is 58.9 Å². The van der Waals surface area contributed by atoms with Crippen LogP contribution in [0.4, 0.5) is 0 Å². The van der Waals surface area contributed by atoms with E-state index in [-0.39, 0.29) is 17.1 Å². The number of amides is 1. The number of fused-ring (bicyclic) bond motifs is 1. The first-order valence-corrected chi connectivity index (χ1v) is 10.1. The number of aromatic hydroxyl groups is 1. The summed E-state index contributed by atoms with van der Waals surface area (Å²) in [6.45, 7) is 1.11. The fourth-order valence-corrected chi connectivity index (χ4v) is 3.90. The van der Waals surface area contributed by atoms with Gasteiger partial charge in [0.15, 0.2) is 11.5 Å². The molecule has 1 aromatic heterocycles. The highest BCUT2D eigenvalue weighted by molar-refractivity contribution is 6.16. The van der Waals surface area contributed by atoms with Gasteiger partial charge in [-0.3, -0.25) is 9.59 Å². The van der Waals surface area contributed by atoms with Gasteiger partial charge in [-0.05, 0) is 56.9 Å². The van der Waals surface area contributed by atoms with E-state index in [0.717, 1.165) is 11.9 Å². The number of aliphatic hydroxyl groups is 1. The molecule has 1 aliphatic rings. The number of hydrogen-bond donors (Lipinski definition) is 2. The Balaban J connectivity index is 1.74. The molecule has 0 radical (unpaired) electrons. The highest BCUT2D eigenvalue weighted by Crippen LogP contribution is 2.40. The Morgan fingerprint density at radius 3 is 2.48 bits per heavy atom. The van der Waals surface area contributed by atoms with Crippen molar-refractivity contribution in [3.05, 3.63) is 77.3 Å². The average molecular weight is 420 g/mol. The number of carbonyl (C=O) groups is 2. The third kappa shape index (κ3) is 3.92. The Hall–Kier alpha value is -3.58. The minimum absolute atomic E-state index is 0.0143. The lowest BCUT2D eigenvalue weighted by Gasteiger charge is -2.27. The van der Waals surface area contributed by atoms with Crippen molar-refractivity contribution in [2.45, 2.75) is 12.5 Å². The number of phenols is 1. The molecule has 1 amide bonds. The molecule has 7 heteroatoms. The fourth-order valence-electron chi connectivity index (χ4n) is 3.90. The van der Waals surface area contributed by atoms with Crippen molar-refractivity contribution in [2.75, 3.05) is 27.2 Å². The molecule has 2 aromatic carbocycles. The van der Waals surface area contributed by atoms with Gasteiger partial charge in [-0.1, -0.05) is 30.3 Å². The number of Topliss-reactive ketones (excluding diaryl/α,β-unsaturated/α-hetero) is 1. The Morgan fingerprint density at radius 1 is 1.10 bits per heavy atom. The second-order valence-electron chi connectivity index (χ2n) is 7.89. The molecule has 160 valence electrons. The van der Waals surface area contributed by atoms with Gasteiger partial charge in [0.2, 0.25) is 5.78 Å². The van der Waals surface area contributed by atoms with E-state index in [1.54, 1.807) is 24.3 Å². The minimum Gasteiger partial charge on any atom is -0.508 e. The summed E-state index contributed by atoms with van der Waals surface area (Å²) in [4.78, 5) is 29.8. The summed E-state index contributed by atoms with van der Waals surface area (Å²) in [6, 6.07) is 14.4. The lowest BCUT2D eigenvalue weighted by molar-refractivity contribution is -0.129. The fraction of sp³-hybridized carbons (Fsp3) is 0.250. The first kappa shape index (κ1) is 20.7. The minimum atomic E-state index is -0.768. The van der Waals surface area contributed by atoms with Gasteiger partial charge in [-0.25, -0.2) is 0 Å². The molecule has 0 saturated carbocycles. The molecule has 0 spiro atoms. The Morgan fingerprint density at radius 2 is 1.81 bits per heavy atom. The van der Waals surface area contributed by atoms with Gasteiger partial charge in [0.1, 0.15) is 11.3 Å². The number of carbonyl (C=O) groups excluding carboxylic acids is 2. The third-order valence-corrected chi connectivity index (χ3v) is 5.41. The maximum atomic E-state index is 13.4. The number of benzene rings is 2. The first-order chi connectivity index (χ1) is 14.9. The van der Waals surface area contributed by atoms with Gasteiger partial charge in [0.05, 0.1) is 11.6 Å². The lowest BCUT2D eigenvalue weighted by Crippen LogP contribution is -2.33. The number of rotatable bonds is 7. The Bertz CT molecular complexity index is 1130. The standard InChI is InChI=1S/C24H24N2O5/c1-25(2)12-5-13-26-21(15-8-10-17(27)11-9-15)20(23(29)24(26)30)22(28)19-14-16-6-3-4-7-18(16)31-19/h3-4,6-11,14,21,27,29H,5,12-13H2,1-2H3. The molecular weight excluding hydrogens is 396 g/mol. The molecule has 4 rings (SSSR count). The summed E-state index contributed by atoms with van der Waals surface area (Å²) in [5.74, 6) is -1.54. The van der Waals surface area contributed by atoms with E-state index in [1.165, 1.54) is 17.0 Å². The molecule has 1 atom stereocenters. The van der Waals surface area contributed by atoms with Crippen LogP contribution in [0.5, 0.6) is 5.75 Å². The van der Waals surface area contributed by atoms with Crippen LogP contribution in [0.15, 0.2) is 70.3 Å². The number of furan rings is 1. The zero-order valence-electron chi connectivity index (χ0n) is 17.4. The number of para-hydroxylation sites is 1. The Kier molecular flexibility index (Phi) is 5.52. The largest absolute Gasteiger partial charge is 0.508 e.